The lowest BCUT2D eigenvalue weighted by molar-refractivity contribution is -0.124. The summed E-state index contributed by atoms with van der Waals surface area (Å²) < 4.78 is 4.89. The molecule has 0 amide bonds. The normalized spacial score (nSPS) is 44.3. The maximum Gasteiger partial charge on any atom is 0.156 e. The van der Waals surface area contributed by atoms with Gasteiger partial charge in [-0.15, -0.1) is 0 Å². The molecule has 0 saturated carbocycles. The van der Waals surface area contributed by atoms with E-state index < -0.39 is 17.8 Å². The number of carbonyl (C=O) groups excluding carboxylic acids is 1. The molecule has 2 unspecified atom stereocenters. The van der Waals surface area contributed by atoms with Crippen molar-refractivity contribution in [3.8, 4) is 0 Å². The van der Waals surface area contributed by atoms with Crippen LogP contribution in [0.3, 0.4) is 0 Å². The second-order valence-corrected chi connectivity index (χ2v) is 3.09. The molecule has 3 atom stereocenters. The number of hydrogen-bond acceptors (Lipinski definition) is 4. The van der Waals surface area contributed by atoms with E-state index in [1.807, 2.05) is 0 Å². The smallest absolute Gasteiger partial charge is 0.156 e. The fourth-order valence-electron chi connectivity index (χ4n) is 1.28. The number of aldehydes is 1. The average Bonchev–Trinajstić information content (AvgIpc) is 2.27. The van der Waals surface area contributed by atoms with Crippen LogP contribution in [-0.2, 0) is 9.53 Å². The number of hydrogen-bond donors (Lipinski definition) is 2. The number of carbonyl (C=O) groups is 1. The molecule has 1 aliphatic heterocycles. The fraction of sp³-hybridized carbons (Fsp3) is 0.857. The summed E-state index contributed by atoms with van der Waals surface area (Å²) in [5, 5.41) is 17.8. The Balaban J connectivity index is 2.71. The number of ether oxygens (including phenoxy) is 1. The molecule has 0 radical (unpaired) electrons. The zero-order valence-corrected chi connectivity index (χ0v) is 6.36. The highest BCUT2D eigenvalue weighted by Gasteiger charge is 2.44. The van der Waals surface area contributed by atoms with E-state index in [9.17, 15) is 4.79 Å². The summed E-state index contributed by atoms with van der Waals surface area (Å²) in [5.74, 6) is 0. The predicted octanol–water partition coefficient (Wildman–Crippen LogP) is -0.709. The molecule has 64 valence electrons. The van der Waals surface area contributed by atoms with Gasteiger partial charge in [-0.2, -0.15) is 0 Å². The van der Waals surface area contributed by atoms with Gasteiger partial charge in [0.2, 0.25) is 0 Å². The summed E-state index contributed by atoms with van der Waals surface area (Å²) in [4.78, 5) is 10.5. The number of aliphatic hydroxyl groups excluding tert-OH is 2. The fourth-order valence-corrected chi connectivity index (χ4v) is 1.28. The van der Waals surface area contributed by atoms with Crippen LogP contribution in [0, 0.1) is 5.41 Å². The quantitative estimate of drug-likeness (QED) is 0.524. The second kappa shape index (κ2) is 2.89. The van der Waals surface area contributed by atoms with Gasteiger partial charge >= 0.3 is 0 Å². The lowest BCUT2D eigenvalue weighted by atomic mass is 9.85. The SMILES string of the molecule is C[C@]1(C=O)CC(O)OC1CO. The number of rotatable bonds is 2. The third kappa shape index (κ3) is 1.42. The van der Waals surface area contributed by atoms with Gasteiger partial charge in [-0.1, -0.05) is 6.92 Å². The minimum atomic E-state index is -0.914. The van der Waals surface area contributed by atoms with Crippen molar-refractivity contribution in [1.82, 2.24) is 0 Å². The van der Waals surface area contributed by atoms with Crippen molar-refractivity contribution in [1.29, 1.82) is 0 Å². The van der Waals surface area contributed by atoms with Crippen molar-refractivity contribution in [2.24, 2.45) is 5.41 Å². The van der Waals surface area contributed by atoms with E-state index in [1.54, 1.807) is 6.92 Å². The monoisotopic (exact) mass is 160 g/mol. The Bertz CT molecular complexity index is 159. The Hall–Kier alpha value is -0.450. The van der Waals surface area contributed by atoms with Crippen LogP contribution in [0.1, 0.15) is 13.3 Å². The number of aliphatic hydroxyl groups is 2. The minimum Gasteiger partial charge on any atom is -0.394 e. The first-order valence-corrected chi connectivity index (χ1v) is 3.53. The maximum absolute atomic E-state index is 10.5. The molecule has 2 N–H and O–H groups in total. The molecule has 11 heavy (non-hydrogen) atoms. The van der Waals surface area contributed by atoms with Crippen LogP contribution < -0.4 is 0 Å². The van der Waals surface area contributed by atoms with E-state index >= 15 is 0 Å². The third-order valence-corrected chi connectivity index (χ3v) is 2.11. The highest BCUT2D eigenvalue weighted by Crippen LogP contribution is 2.35. The molecule has 0 aromatic rings. The molecule has 0 aliphatic carbocycles. The molecule has 4 nitrogen and oxygen atoms in total. The summed E-state index contributed by atoms with van der Waals surface area (Å²) in [6.45, 7) is 1.43. The summed E-state index contributed by atoms with van der Waals surface area (Å²) in [7, 11) is 0. The Kier molecular flexibility index (Phi) is 2.27. The van der Waals surface area contributed by atoms with Crippen molar-refractivity contribution in [2.45, 2.75) is 25.7 Å². The van der Waals surface area contributed by atoms with Gasteiger partial charge in [0.1, 0.15) is 6.29 Å². The summed E-state index contributed by atoms with van der Waals surface area (Å²) >= 11 is 0. The van der Waals surface area contributed by atoms with E-state index in [1.165, 1.54) is 0 Å². The lowest BCUT2D eigenvalue weighted by Crippen LogP contribution is -2.32. The lowest BCUT2D eigenvalue weighted by Gasteiger charge is -2.20. The van der Waals surface area contributed by atoms with Crippen LogP contribution in [0.25, 0.3) is 0 Å². The van der Waals surface area contributed by atoms with Crippen molar-refractivity contribution >= 4 is 6.29 Å². The van der Waals surface area contributed by atoms with Crippen molar-refractivity contribution < 1.29 is 19.7 Å². The van der Waals surface area contributed by atoms with Crippen molar-refractivity contribution in [3.05, 3.63) is 0 Å². The van der Waals surface area contributed by atoms with Gasteiger partial charge in [0.25, 0.3) is 0 Å². The highest BCUT2D eigenvalue weighted by atomic mass is 16.6. The summed E-state index contributed by atoms with van der Waals surface area (Å²) in [6, 6.07) is 0. The third-order valence-electron chi connectivity index (χ3n) is 2.11. The van der Waals surface area contributed by atoms with Gasteiger partial charge in [0.05, 0.1) is 18.1 Å². The predicted molar refractivity (Wildman–Crippen MR) is 36.8 cm³/mol. The first kappa shape index (κ1) is 8.64. The zero-order chi connectivity index (χ0) is 8.48. The topological polar surface area (TPSA) is 66.8 Å². The van der Waals surface area contributed by atoms with Crippen LogP contribution >= 0.6 is 0 Å². The maximum atomic E-state index is 10.5. The molecule has 1 fully saturated rings. The summed E-state index contributed by atoms with van der Waals surface area (Å²) in [5.41, 5.74) is -0.728. The van der Waals surface area contributed by atoms with E-state index in [0.29, 0.717) is 0 Å². The molecular weight excluding hydrogens is 148 g/mol. The van der Waals surface area contributed by atoms with Crippen molar-refractivity contribution in [2.75, 3.05) is 6.61 Å². The molecular formula is C7H12O4. The molecule has 1 heterocycles. The van der Waals surface area contributed by atoms with E-state index in [4.69, 9.17) is 14.9 Å². The van der Waals surface area contributed by atoms with Gasteiger partial charge in [0.15, 0.2) is 6.29 Å². The highest BCUT2D eigenvalue weighted by molar-refractivity contribution is 5.60. The standard InChI is InChI=1S/C7H12O4/c1-7(4-9)2-6(10)11-5(7)3-8/h4-6,8,10H,2-3H2,1H3/t5?,6?,7-/m1/s1. The van der Waals surface area contributed by atoms with Gasteiger partial charge in [-0.3, -0.25) is 0 Å². The van der Waals surface area contributed by atoms with Gasteiger partial charge in [-0.25, -0.2) is 0 Å². The van der Waals surface area contributed by atoms with Crippen LogP contribution in [0.5, 0.6) is 0 Å². The van der Waals surface area contributed by atoms with Crippen molar-refractivity contribution in [3.63, 3.8) is 0 Å². The molecule has 1 saturated heterocycles. The molecule has 1 aliphatic rings. The van der Waals surface area contributed by atoms with Gasteiger partial charge < -0.3 is 19.7 Å². The molecule has 0 spiro atoms. The first-order valence-electron chi connectivity index (χ1n) is 3.53. The Morgan fingerprint density at radius 3 is 2.82 bits per heavy atom. The zero-order valence-electron chi connectivity index (χ0n) is 6.36. The van der Waals surface area contributed by atoms with Gasteiger partial charge in [-0.05, 0) is 0 Å². The molecule has 0 aromatic carbocycles. The first-order chi connectivity index (χ1) is 5.12. The van der Waals surface area contributed by atoms with Crippen LogP contribution in [0.4, 0.5) is 0 Å². The van der Waals surface area contributed by atoms with E-state index in [0.717, 1.165) is 6.29 Å². The molecule has 0 aromatic heterocycles. The Labute approximate surface area is 64.8 Å². The Morgan fingerprint density at radius 1 is 1.82 bits per heavy atom. The molecule has 0 bridgehead atoms. The second-order valence-electron chi connectivity index (χ2n) is 3.09. The summed E-state index contributed by atoms with van der Waals surface area (Å²) in [6.07, 6.45) is -0.483. The van der Waals surface area contributed by atoms with Crippen LogP contribution in [-0.4, -0.2) is 35.5 Å². The molecule has 4 heteroatoms. The van der Waals surface area contributed by atoms with Gasteiger partial charge in [0, 0.05) is 6.42 Å². The average molecular weight is 160 g/mol. The van der Waals surface area contributed by atoms with Crippen LogP contribution in [0.15, 0.2) is 0 Å². The van der Waals surface area contributed by atoms with Crippen LogP contribution in [0.2, 0.25) is 0 Å². The molecule has 1 rings (SSSR count). The Morgan fingerprint density at radius 2 is 2.45 bits per heavy atom. The largest absolute Gasteiger partial charge is 0.394 e. The minimum absolute atomic E-state index is 0.230. The van der Waals surface area contributed by atoms with E-state index in [-0.39, 0.29) is 13.0 Å². The van der Waals surface area contributed by atoms with E-state index in [2.05, 4.69) is 0 Å².